The highest BCUT2D eigenvalue weighted by Crippen LogP contribution is 2.43. The third-order valence-corrected chi connectivity index (χ3v) is 3.65. The van der Waals surface area contributed by atoms with E-state index in [-0.39, 0.29) is 17.5 Å². The molecular formula is C13H13FN2O. The van der Waals surface area contributed by atoms with Gasteiger partial charge in [-0.15, -0.1) is 0 Å². The SMILES string of the molecule is O=C(Nc1ccncc1F)[C@H]1C[C@H]2C=C[C@H]1C2. The number of nitrogens with one attached hydrogen (secondary N) is 1. The summed E-state index contributed by atoms with van der Waals surface area (Å²) in [5, 5.41) is 2.65. The number of hydrogen-bond donors (Lipinski definition) is 1. The number of fused-ring (bicyclic) bond motifs is 2. The Hall–Kier alpha value is -1.71. The van der Waals surface area contributed by atoms with Crippen LogP contribution in [0.5, 0.6) is 0 Å². The lowest BCUT2D eigenvalue weighted by Crippen LogP contribution is -2.26. The zero-order valence-electron chi connectivity index (χ0n) is 9.27. The summed E-state index contributed by atoms with van der Waals surface area (Å²) in [6.45, 7) is 0. The Labute approximate surface area is 98.7 Å². The minimum atomic E-state index is -0.487. The molecule has 1 fully saturated rings. The van der Waals surface area contributed by atoms with E-state index in [0.717, 1.165) is 19.0 Å². The van der Waals surface area contributed by atoms with E-state index in [1.807, 2.05) is 0 Å². The van der Waals surface area contributed by atoms with Crippen molar-refractivity contribution in [1.82, 2.24) is 4.98 Å². The van der Waals surface area contributed by atoms with Crippen LogP contribution in [0.15, 0.2) is 30.6 Å². The van der Waals surface area contributed by atoms with Crippen molar-refractivity contribution < 1.29 is 9.18 Å². The van der Waals surface area contributed by atoms with Crippen LogP contribution in [-0.4, -0.2) is 10.9 Å². The molecule has 4 heteroatoms. The predicted molar refractivity (Wildman–Crippen MR) is 61.7 cm³/mol. The molecule has 1 amide bonds. The van der Waals surface area contributed by atoms with E-state index in [1.165, 1.54) is 12.3 Å². The van der Waals surface area contributed by atoms with Gasteiger partial charge in [-0.3, -0.25) is 9.78 Å². The Kier molecular flexibility index (Phi) is 2.42. The van der Waals surface area contributed by atoms with Crippen LogP contribution in [0.2, 0.25) is 0 Å². The first-order valence-corrected chi connectivity index (χ1v) is 5.83. The lowest BCUT2D eigenvalue weighted by atomic mass is 9.93. The number of amides is 1. The van der Waals surface area contributed by atoms with Crippen molar-refractivity contribution in [3.05, 3.63) is 36.4 Å². The summed E-state index contributed by atoms with van der Waals surface area (Å²) in [7, 11) is 0. The van der Waals surface area contributed by atoms with Gasteiger partial charge in [0.1, 0.15) is 0 Å². The molecule has 17 heavy (non-hydrogen) atoms. The highest BCUT2D eigenvalue weighted by Gasteiger charge is 2.39. The third-order valence-electron chi connectivity index (χ3n) is 3.65. The fourth-order valence-corrected chi connectivity index (χ4v) is 2.78. The molecule has 1 heterocycles. The first-order valence-electron chi connectivity index (χ1n) is 5.83. The van der Waals surface area contributed by atoms with E-state index in [1.54, 1.807) is 0 Å². The number of carbonyl (C=O) groups excluding carboxylic acids is 1. The summed E-state index contributed by atoms with van der Waals surface area (Å²) >= 11 is 0. The van der Waals surface area contributed by atoms with Gasteiger partial charge < -0.3 is 5.32 Å². The van der Waals surface area contributed by atoms with Gasteiger partial charge in [-0.05, 0) is 30.7 Å². The topological polar surface area (TPSA) is 42.0 Å². The molecule has 2 aliphatic carbocycles. The fraction of sp³-hybridized carbons (Fsp3) is 0.385. The zero-order chi connectivity index (χ0) is 11.8. The van der Waals surface area contributed by atoms with Gasteiger partial charge in [-0.1, -0.05) is 12.2 Å². The van der Waals surface area contributed by atoms with Crippen molar-refractivity contribution in [2.45, 2.75) is 12.8 Å². The van der Waals surface area contributed by atoms with E-state index in [9.17, 15) is 9.18 Å². The molecule has 1 aromatic heterocycles. The zero-order valence-corrected chi connectivity index (χ0v) is 9.27. The van der Waals surface area contributed by atoms with E-state index < -0.39 is 5.82 Å². The van der Waals surface area contributed by atoms with Crippen molar-refractivity contribution >= 4 is 11.6 Å². The number of pyridine rings is 1. The molecule has 2 aliphatic rings. The van der Waals surface area contributed by atoms with Gasteiger partial charge in [0, 0.05) is 12.1 Å². The third kappa shape index (κ3) is 1.84. The van der Waals surface area contributed by atoms with E-state index in [4.69, 9.17) is 0 Å². The van der Waals surface area contributed by atoms with E-state index >= 15 is 0 Å². The Balaban J connectivity index is 1.72. The summed E-state index contributed by atoms with van der Waals surface area (Å²) in [4.78, 5) is 15.7. The van der Waals surface area contributed by atoms with Gasteiger partial charge in [0.05, 0.1) is 11.9 Å². The van der Waals surface area contributed by atoms with Crippen LogP contribution in [0.1, 0.15) is 12.8 Å². The molecule has 1 aromatic rings. The number of carbonyl (C=O) groups is 1. The van der Waals surface area contributed by atoms with Crippen molar-refractivity contribution in [3.8, 4) is 0 Å². The standard InChI is InChI=1S/C13H13FN2O/c14-11-7-15-4-3-12(11)16-13(17)10-6-8-1-2-9(10)5-8/h1-4,7-10H,5-6H2,(H,15,16,17)/t8-,9-,10-/m0/s1. The molecule has 0 spiro atoms. The fourth-order valence-electron chi connectivity index (χ4n) is 2.78. The minimum absolute atomic E-state index is 0.00225. The van der Waals surface area contributed by atoms with Gasteiger partial charge in [0.15, 0.2) is 5.82 Å². The number of halogens is 1. The second kappa shape index (κ2) is 3.95. The molecule has 3 nitrogen and oxygen atoms in total. The number of hydrogen-bond acceptors (Lipinski definition) is 2. The maximum atomic E-state index is 13.3. The highest BCUT2D eigenvalue weighted by molar-refractivity contribution is 5.93. The van der Waals surface area contributed by atoms with Crippen molar-refractivity contribution in [1.29, 1.82) is 0 Å². The molecule has 1 saturated carbocycles. The number of anilines is 1. The van der Waals surface area contributed by atoms with Gasteiger partial charge in [0.2, 0.25) is 5.91 Å². The second-order valence-electron chi connectivity index (χ2n) is 4.73. The first-order chi connectivity index (χ1) is 8.24. The van der Waals surface area contributed by atoms with Gasteiger partial charge in [-0.2, -0.15) is 0 Å². The summed E-state index contributed by atoms with van der Waals surface area (Å²) in [6.07, 6.45) is 8.83. The second-order valence-corrected chi connectivity index (χ2v) is 4.73. The van der Waals surface area contributed by atoms with Gasteiger partial charge >= 0.3 is 0 Å². The van der Waals surface area contributed by atoms with E-state index in [2.05, 4.69) is 22.5 Å². The number of aromatic nitrogens is 1. The predicted octanol–water partition coefficient (Wildman–Crippen LogP) is 2.37. The molecule has 3 rings (SSSR count). The molecule has 0 aromatic carbocycles. The van der Waals surface area contributed by atoms with E-state index in [0.29, 0.717) is 11.8 Å². The van der Waals surface area contributed by atoms with Crippen LogP contribution in [0.4, 0.5) is 10.1 Å². The number of rotatable bonds is 2. The summed E-state index contributed by atoms with van der Waals surface area (Å²) in [6, 6.07) is 1.48. The summed E-state index contributed by atoms with van der Waals surface area (Å²) < 4.78 is 13.3. The molecule has 0 radical (unpaired) electrons. The molecule has 2 bridgehead atoms. The van der Waals surface area contributed by atoms with Crippen molar-refractivity contribution in [2.75, 3.05) is 5.32 Å². The summed E-state index contributed by atoms with van der Waals surface area (Å²) in [5.41, 5.74) is 0.219. The molecule has 0 aliphatic heterocycles. The lowest BCUT2D eigenvalue weighted by Gasteiger charge is -2.17. The molecule has 88 valence electrons. The van der Waals surface area contributed by atoms with Crippen molar-refractivity contribution in [2.24, 2.45) is 17.8 Å². The quantitative estimate of drug-likeness (QED) is 0.795. The van der Waals surface area contributed by atoms with Crippen LogP contribution in [0.3, 0.4) is 0 Å². The summed E-state index contributed by atoms with van der Waals surface area (Å²) in [5.74, 6) is 0.312. The first kappa shape index (κ1) is 10.4. The van der Waals surface area contributed by atoms with Crippen molar-refractivity contribution in [3.63, 3.8) is 0 Å². The number of allylic oxidation sites excluding steroid dienone is 2. The average Bonchev–Trinajstić information content (AvgIpc) is 2.94. The largest absolute Gasteiger partial charge is 0.323 e. The smallest absolute Gasteiger partial charge is 0.228 e. The Morgan fingerprint density at radius 3 is 2.94 bits per heavy atom. The minimum Gasteiger partial charge on any atom is -0.323 e. The average molecular weight is 232 g/mol. The molecule has 1 N–H and O–H groups in total. The Morgan fingerprint density at radius 1 is 1.41 bits per heavy atom. The maximum Gasteiger partial charge on any atom is 0.228 e. The van der Waals surface area contributed by atoms with Crippen LogP contribution < -0.4 is 5.32 Å². The molecule has 0 unspecified atom stereocenters. The van der Waals surface area contributed by atoms with Gasteiger partial charge in [-0.25, -0.2) is 4.39 Å². The highest BCUT2D eigenvalue weighted by atomic mass is 19.1. The number of nitrogens with zero attached hydrogens (tertiary/aromatic N) is 1. The normalized spacial score (nSPS) is 29.6. The van der Waals surface area contributed by atoms with Gasteiger partial charge in [0.25, 0.3) is 0 Å². The lowest BCUT2D eigenvalue weighted by molar-refractivity contribution is -0.120. The Bertz CT molecular complexity index is 486. The van der Waals surface area contributed by atoms with Crippen LogP contribution in [0.25, 0.3) is 0 Å². The Morgan fingerprint density at radius 2 is 2.29 bits per heavy atom. The van der Waals surface area contributed by atoms with Crippen LogP contribution in [0, 0.1) is 23.6 Å². The molecule has 3 atom stereocenters. The van der Waals surface area contributed by atoms with Crippen LogP contribution >= 0.6 is 0 Å². The molecule has 0 saturated heterocycles. The maximum absolute atomic E-state index is 13.3. The molecular weight excluding hydrogens is 219 g/mol. The van der Waals surface area contributed by atoms with Crippen LogP contribution in [-0.2, 0) is 4.79 Å². The monoisotopic (exact) mass is 232 g/mol.